The van der Waals surface area contributed by atoms with Gasteiger partial charge in [0, 0.05) is 17.4 Å². The lowest BCUT2D eigenvalue weighted by atomic mass is 10.1. The van der Waals surface area contributed by atoms with E-state index in [1.54, 1.807) is 36.5 Å². The van der Waals surface area contributed by atoms with Gasteiger partial charge in [0.1, 0.15) is 0 Å². The van der Waals surface area contributed by atoms with E-state index < -0.39 is 0 Å². The zero-order chi connectivity index (χ0) is 19.9. The zero-order valence-corrected chi connectivity index (χ0v) is 15.4. The molecule has 0 saturated carbocycles. The number of nitriles is 1. The van der Waals surface area contributed by atoms with Gasteiger partial charge in [0.15, 0.2) is 0 Å². The smallest absolute Gasteiger partial charge is 0.255 e. The number of carbonyl (C=O) groups is 2. The van der Waals surface area contributed by atoms with Crippen LogP contribution in [0.4, 0.5) is 5.69 Å². The first kappa shape index (κ1) is 19.1. The molecule has 0 radical (unpaired) electrons. The van der Waals surface area contributed by atoms with Gasteiger partial charge in [0.05, 0.1) is 34.5 Å². The molecule has 0 saturated heterocycles. The summed E-state index contributed by atoms with van der Waals surface area (Å²) in [6.07, 6.45) is 1.65. The second-order valence-corrected chi connectivity index (χ2v) is 6.25. The normalized spacial score (nSPS) is 10.0. The standard InChI is InChI=1S/C21H15ClN4O2/c22-19-11-16(26-20(27)15-5-3-4-14(10-15)12-23)7-8-18(19)21(28)25-13-17-6-1-2-9-24-17/h1-11H,13H2,(H,25,28)(H,26,27). The molecule has 2 N–H and O–H groups in total. The Morgan fingerprint density at radius 1 is 1.04 bits per heavy atom. The van der Waals surface area contributed by atoms with Crippen molar-refractivity contribution in [1.82, 2.24) is 10.3 Å². The van der Waals surface area contributed by atoms with E-state index in [0.717, 1.165) is 5.69 Å². The first-order valence-corrected chi connectivity index (χ1v) is 8.74. The molecular weight excluding hydrogens is 376 g/mol. The van der Waals surface area contributed by atoms with Crippen molar-refractivity contribution >= 4 is 29.1 Å². The van der Waals surface area contributed by atoms with Gasteiger partial charge in [-0.15, -0.1) is 0 Å². The van der Waals surface area contributed by atoms with E-state index in [0.29, 0.717) is 22.4 Å². The van der Waals surface area contributed by atoms with Crippen LogP contribution in [0.15, 0.2) is 66.9 Å². The van der Waals surface area contributed by atoms with Crippen molar-refractivity contribution in [3.05, 3.63) is 94.3 Å². The Labute approximate surface area is 166 Å². The number of rotatable bonds is 5. The molecule has 0 aliphatic heterocycles. The molecule has 0 unspecified atom stereocenters. The van der Waals surface area contributed by atoms with Crippen LogP contribution in [0.3, 0.4) is 0 Å². The summed E-state index contributed by atoms with van der Waals surface area (Å²) in [6, 6.07) is 18.4. The Kier molecular flexibility index (Phi) is 6.00. The van der Waals surface area contributed by atoms with Gasteiger partial charge in [-0.2, -0.15) is 5.26 Å². The van der Waals surface area contributed by atoms with E-state index in [-0.39, 0.29) is 23.4 Å². The molecule has 2 amide bonds. The SMILES string of the molecule is N#Cc1cccc(C(=O)Nc2ccc(C(=O)NCc3ccccn3)c(Cl)c2)c1. The molecule has 7 heteroatoms. The van der Waals surface area contributed by atoms with Gasteiger partial charge in [-0.25, -0.2) is 0 Å². The number of nitrogens with zero attached hydrogens (tertiary/aromatic N) is 2. The molecule has 3 rings (SSSR count). The van der Waals surface area contributed by atoms with Crippen LogP contribution in [-0.2, 0) is 6.54 Å². The van der Waals surface area contributed by atoms with E-state index in [2.05, 4.69) is 15.6 Å². The first-order chi connectivity index (χ1) is 13.6. The Balaban J connectivity index is 1.67. The molecule has 0 spiro atoms. The predicted molar refractivity (Wildman–Crippen MR) is 106 cm³/mol. The van der Waals surface area contributed by atoms with Crippen LogP contribution in [0.2, 0.25) is 5.02 Å². The largest absolute Gasteiger partial charge is 0.346 e. The third kappa shape index (κ3) is 4.72. The molecule has 28 heavy (non-hydrogen) atoms. The quantitative estimate of drug-likeness (QED) is 0.692. The molecule has 6 nitrogen and oxygen atoms in total. The highest BCUT2D eigenvalue weighted by molar-refractivity contribution is 6.34. The Bertz CT molecular complexity index is 1060. The van der Waals surface area contributed by atoms with Crippen molar-refractivity contribution in [2.45, 2.75) is 6.54 Å². The highest BCUT2D eigenvalue weighted by atomic mass is 35.5. The van der Waals surface area contributed by atoms with Crippen LogP contribution in [-0.4, -0.2) is 16.8 Å². The molecular formula is C21H15ClN4O2. The minimum absolute atomic E-state index is 0.210. The molecule has 0 fully saturated rings. The number of anilines is 1. The van der Waals surface area contributed by atoms with Crippen LogP contribution in [0, 0.1) is 11.3 Å². The minimum Gasteiger partial charge on any atom is -0.346 e. The van der Waals surface area contributed by atoms with E-state index in [9.17, 15) is 9.59 Å². The van der Waals surface area contributed by atoms with E-state index >= 15 is 0 Å². The fourth-order valence-corrected chi connectivity index (χ4v) is 2.75. The van der Waals surface area contributed by atoms with Crippen molar-refractivity contribution < 1.29 is 9.59 Å². The Hall–Kier alpha value is -3.69. The maximum Gasteiger partial charge on any atom is 0.255 e. The monoisotopic (exact) mass is 390 g/mol. The van der Waals surface area contributed by atoms with Crippen molar-refractivity contribution in [1.29, 1.82) is 5.26 Å². The van der Waals surface area contributed by atoms with Crippen molar-refractivity contribution in [3.63, 3.8) is 0 Å². The number of benzene rings is 2. The minimum atomic E-state index is -0.375. The number of aromatic nitrogens is 1. The average Bonchev–Trinajstić information content (AvgIpc) is 2.73. The third-order valence-corrected chi connectivity index (χ3v) is 4.19. The summed E-state index contributed by atoms with van der Waals surface area (Å²) in [5, 5.41) is 14.6. The number of hydrogen-bond donors (Lipinski definition) is 2. The van der Waals surface area contributed by atoms with Crippen molar-refractivity contribution in [2.75, 3.05) is 5.32 Å². The summed E-state index contributed by atoms with van der Waals surface area (Å²) in [5.74, 6) is -0.712. The summed E-state index contributed by atoms with van der Waals surface area (Å²) >= 11 is 6.21. The topological polar surface area (TPSA) is 94.9 Å². The number of carbonyl (C=O) groups excluding carboxylic acids is 2. The van der Waals surface area contributed by atoms with Gasteiger partial charge in [0.25, 0.3) is 11.8 Å². The van der Waals surface area contributed by atoms with Gasteiger partial charge >= 0.3 is 0 Å². The van der Waals surface area contributed by atoms with Crippen LogP contribution < -0.4 is 10.6 Å². The van der Waals surface area contributed by atoms with E-state index in [1.165, 1.54) is 18.2 Å². The number of hydrogen-bond acceptors (Lipinski definition) is 4. The highest BCUT2D eigenvalue weighted by Crippen LogP contribution is 2.22. The molecule has 1 aromatic heterocycles. The van der Waals surface area contributed by atoms with Gasteiger partial charge < -0.3 is 10.6 Å². The second kappa shape index (κ2) is 8.80. The van der Waals surface area contributed by atoms with Gasteiger partial charge in [-0.3, -0.25) is 14.6 Å². The van der Waals surface area contributed by atoms with Crippen LogP contribution >= 0.6 is 11.6 Å². The first-order valence-electron chi connectivity index (χ1n) is 8.36. The van der Waals surface area contributed by atoms with E-state index in [4.69, 9.17) is 16.9 Å². The molecule has 1 heterocycles. The number of nitrogens with one attached hydrogen (secondary N) is 2. The lowest BCUT2D eigenvalue weighted by Crippen LogP contribution is -2.23. The van der Waals surface area contributed by atoms with Crippen molar-refractivity contribution in [3.8, 4) is 6.07 Å². The molecule has 0 aliphatic carbocycles. The summed E-state index contributed by atoms with van der Waals surface area (Å²) in [6.45, 7) is 0.281. The number of halogens is 1. The number of pyridine rings is 1. The maximum absolute atomic E-state index is 12.3. The molecule has 2 aromatic carbocycles. The fourth-order valence-electron chi connectivity index (χ4n) is 2.48. The fraction of sp³-hybridized carbons (Fsp3) is 0.0476. The van der Waals surface area contributed by atoms with Crippen LogP contribution in [0.5, 0.6) is 0 Å². The predicted octanol–water partition coefficient (Wildman–Crippen LogP) is 3.79. The summed E-state index contributed by atoms with van der Waals surface area (Å²) in [5.41, 5.74) is 2.22. The molecule has 0 atom stereocenters. The number of amides is 2. The van der Waals surface area contributed by atoms with Crippen LogP contribution in [0.1, 0.15) is 32.0 Å². The lowest BCUT2D eigenvalue weighted by Gasteiger charge is -2.10. The van der Waals surface area contributed by atoms with Gasteiger partial charge in [-0.1, -0.05) is 23.7 Å². The molecule has 3 aromatic rings. The van der Waals surface area contributed by atoms with Crippen molar-refractivity contribution in [2.24, 2.45) is 0 Å². The third-order valence-electron chi connectivity index (χ3n) is 3.88. The molecule has 0 aliphatic rings. The van der Waals surface area contributed by atoms with Gasteiger partial charge in [0.2, 0.25) is 0 Å². The maximum atomic E-state index is 12.3. The zero-order valence-electron chi connectivity index (χ0n) is 14.6. The lowest BCUT2D eigenvalue weighted by molar-refractivity contribution is 0.0950. The average molecular weight is 391 g/mol. The van der Waals surface area contributed by atoms with Crippen LogP contribution in [0.25, 0.3) is 0 Å². The highest BCUT2D eigenvalue weighted by Gasteiger charge is 2.13. The summed E-state index contributed by atoms with van der Waals surface area (Å²) in [7, 11) is 0. The molecule has 0 bridgehead atoms. The van der Waals surface area contributed by atoms with Gasteiger partial charge in [-0.05, 0) is 48.5 Å². The Morgan fingerprint density at radius 2 is 1.89 bits per heavy atom. The second-order valence-electron chi connectivity index (χ2n) is 5.85. The summed E-state index contributed by atoms with van der Waals surface area (Å²) in [4.78, 5) is 28.8. The van der Waals surface area contributed by atoms with E-state index in [1.807, 2.05) is 18.2 Å². The Morgan fingerprint density at radius 3 is 2.61 bits per heavy atom. The summed E-state index contributed by atoms with van der Waals surface area (Å²) < 4.78 is 0. The molecule has 138 valence electrons.